The number of carbonyl (C=O) groups is 1. The summed E-state index contributed by atoms with van der Waals surface area (Å²) in [7, 11) is 0. The van der Waals surface area contributed by atoms with Crippen LogP contribution in [0.2, 0.25) is 5.02 Å². The molecule has 5 heteroatoms. The number of hydrogen-bond donors (Lipinski definition) is 1. The van der Waals surface area contributed by atoms with Gasteiger partial charge in [-0.1, -0.05) is 60.1 Å². The van der Waals surface area contributed by atoms with Crippen LogP contribution in [0, 0.1) is 6.92 Å². The number of fused-ring (bicyclic) bond motifs is 1. The summed E-state index contributed by atoms with van der Waals surface area (Å²) < 4.78 is 2.21. The van der Waals surface area contributed by atoms with Crippen LogP contribution in [0.15, 0.2) is 72.8 Å². The number of nitrogens with zero attached hydrogens (tertiary/aromatic N) is 2. The van der Waals surface area contributed by atoms with E-state index >= 15 is 0 Å². The smallest absolute Gasteiger partial charge is 0.224 e. The van der Waals surface area contributed by atoms with E-state index in [4.69, 9.17) is 16.6 Å². The third-order valence-electron chi connectivity index (χ3n) is 5.27. The third kappa shape index (κ3) is 4.71. The van der Waals surface area contributed by atoms with Crippen LogP contribution < -0.4 is 5.32 Å². The Morgan fingerprint density at radius 3 is 2.53 bits per heavy atom. The molecule has 0 atom stereocenters. The summed E-state index contributed by atoms with van der Waals surface area (Å²) in [6, 6.07) is 24.0. The number of hydrogen-bond acceptors (Lipinski definition) is 2. The molecule has 4 rings (SSSR count). The van der Waals surface area contributed by atoms with Crippen LogP contribution >= 0.6 is 11.6 Å². The summed E-state index contributed by atoms with van der Waals surface area (Å²) in [5.41, 5.74) is 5.41. The molecule has 0 aliphatic rings. The highest BCUT2D eigenvalue weighted by Gasteiger charge is 2.12. The molecule has 0 unspecified atom stereocenters. The maximum absolute atomic E-state index is 12.4. The molecule has 0 fully saturated rings. The van der Waals surface area contributed by atoms with E-state index in [0.29, 0.717) is 25.9 Å². The van der Waals surface area contributed by atoms with Crippen molar-refractivity contribution in [2.45, 2.75) is 26.3 Å². The highest BCUT2D eigenvalue weighted by Crippen LogP contribution is 2.19. The topological polar surface area (TPSA) is 46.9 Å². The molecule has 1 N–H and O–H groups in total. The first-order valence-corrected chi connectivity index (χ1v) is 10.5. The van der Waals surface area contributed by atoms with E-state index in [-0.39, 0.29) is 5.91 Å². The van der Waals surface area contributed by atoms with Gasteiger partial charge in [0.05, 0.1) is 17.5 Å². The van der Waals surface area contributed by atoms with Gasteiger partial charge in [0, 0.05) is 24.5 Å². The molecule has 0 bridgehead atoms. The van der Waals surface area contributed by atoms with Gasteiger partial charge in [0.2, 0.25) is 5.91 Å². The van der Waals surface area contributed by atoms with E-state index in [1.807, 2.05) is 73.7 Å². The summed E-state index contributed by atoms with van der Waals surface area (Å²) in [5, 5.41) is 3.77. The van der Waals surface area contributed by atoms with Crippen molar-refractivity contribution in [1.82, 2.24) is 14.9 Å². The molecule has 1 amide bonds. The average Bonchev–Trinajstić information content (AvgIpc) is 3.09. The number of aromatic nitrogens is 2. The fourth-order valence-electron chi connectivity index (χ4n) is 3.62. The van der Waals surface area contributed by atoms with Crippen molar-refractivity contribution in [2.75, 3.05) is 6.54 Å². The molecule has 4 nitrogen and oxygen atoms in total. The lowest BCUT2D eigenvalue weighted by Crippen LogP contribution is -2.28. The number of imidazole rings is 1. The summed E-state index contributed by atoms with van der Waals surface area (Å²) in [6.07, 6.45) is 1.07. The largest absolute Gasteiger partial charge is 0.355 e. The molecular weight excluding hydrogens is 394 g/mol. The van der Waals surface area contributed by atoms with Gasteiger partial charge in [-0.2, -0.15) is 0 Å². The predicted octanol–water partition coefficient (Wildman–Crippen LogP) is 4.95. The van der Waals surface area contributed by atoms with Crippen LogP contribution in [-0.2, 0) is 24.2 Å². The fourth-order valence-corrected chi connectivity index (χ4v) is 3.75. The van der Waals surface area contributed by atoms with Gasteiger partial charge in [0.15, 0.2) is 0 Å². The van der Waals surface area contributed by atoms with Crippen molar-refractivity contribution in [1.29, 1.82) is 0 Å². The van der Waals surface area contributed by atoms with Crippen LogP contribution in [-0.4, -0.2) is 22.0 Å². The van der Waals surface area contributed by atoms with Gasteiger partial charge < -0.3 is 9.88 Å². The molecule has 0 aliphatic heterocycles. The minimum atomic E-state index is 0.0321. The van der Waals surface area contributed by atoms with Crippen LogP contribution in [0.3, 0.4) is 0 Å². The van der Waals surface area contributed by atoms with Crippen LogP contribution in [0.5, 0.6) is 0 Å². The van der Waals surface area contributed by atoms with Crippen molar-refractivity contribution in [3.05, 3.63) is 100 Å². The Balaban J connectivity index is 1.46. The summed E-state index contributed by atoms with van der Waals surface area (Å²) >= 11 is 6.03. The lowest BCUT2D eigenvalue weighted by Gasteiger charge is -2.11. The Morgan fingerprint density at radius 1 is 1.00 bits per heavy atom. The molecule has 0 aliphatic carbocycles. The average molecular weight is 418 g/mol. The minimum Gasteiger partial charge on any atom is -0.355 e. The summed E-state index contributed by atoms with van der Waals surface area (Å²) in [6.45, 7) is 3.29. The van der Waals surface area contributed by atoms with E-state index in [1.165, 1.54) is 0 Å². The zero-order chi connectivity index (χ0) is 20.9. The predicted molar refractivity (Wildman–Crippen MR) is 122 cm³/mol. The number of benzene rings is 3. The zero-order valence-electron chi connectivity index (χ0n) is 16.9. The van der Waals surface area contributed by atoms with Gasteiger partial charge in [-0.3, -0.25) is 4.79 Å². The van der Waals surface area contributed by atoms with Crippen molar-refractivity contribution in [3.63, 3.8) is 0 Å². The minimum absolute atomic E-state index is 0.0321. The Kier molecular flexibility index (Phi) is 6.15. The normalized spacial score (nSPS) is 11.0. The van der Waals surface area contributed by atoms with Crippen molar-refractivity contribution < 1.29 is 4.79 Å². The highest BCUT2D eigenvalue weighted by atomic mass is 35.5. The van der Waals surface area contributed by atoms with E-state index in [0.717, 1.165) is 38.6 Å². The first-order valence-electron chi connectivity index (χ1n) is 10.1. The van der Waals surface area contributed by atoms with Crippen LogP contribution in [0.1, 0.15) is 22.5 Å². The van der Waals surface area contributed by atoms with Gasteiger partial charge in [-0.25, -0.2) is 4.98 Å². The van der Waals surface area contributed by atoms with Gasteiger partial charge in [-0.05, 0) is 47.9 Å². The lowest BCUT2D eigenvalue weighted by atomic mass is 10.1. The standard InChI is InChI=1S/C25H24ClN3O/c1-18-6-2-3-7-20(18)16-25(30)27-15-14-24-28-22-8-4-5-9-23(22)29(24)17-19-10-12-21(26)13-11-19/h2-13H,14-17H2,1H3,(H,27,30). The number of carbonyl (C=O) groups excluding carboxylic acids is 1. The second-order valence-corrected chi connectivity index (χ2v) is 7.87. The molecular formula is C25H24ClN3O. The molecule has 152 valence electrons. The van der Waals surface area contributed by atoms with Crippen molar-refractivity contribution >= 4 is 28.5 Å². The van der Waals surface area contributed by atoms with Gasteiger partial charge in [-0.15, -0.1) is 0 Å². The fraction of sp³-hybridized carbons (Fsp3) is 0.200. The molecule has 0 spiro atoms. The third-order valence-corrected chi connectivity index (χ3v) is 5.52. The Bertz CT molecular complexity index is 1160. The Hall–Kier alpha value is -3.11. The maximum atomic E-state index is 12.4. The van der Waals surface area contributed by atoms with Gasteiger partial charge in [0.25, 0.3) is 0 Å². The highest BCUT2D eigenvalue weighted by molar-refractivity contribution is 6.30. The van der Waals surface area contributed by atoms with E-state index in [2.05, 4.69) is 16.0 Å². The molecule has 0 saturated carbocycles. The monoisotopic (exact) mass is 417 g/mol. The number of rotatable bonds is 7. The SMILES string of the molecule is Cc1ccccc1CC(=O)NCCc1nc2ccccc2n1Cc1ccc(Cl)cc1. The summed E-state index contributed by atoms with van der Waals surface area (Å²) in [5.74, 6) is 0.993. The van der Waals surface area contributed by atoms with E-state index in [1.54, 1.807) is 0 Å². The number of amides is 1. The number of nitrogens with one attached hydrogen (secondary N) is 1. The number of aryl methyl sites for hydroxylation is 1. The van der Waals surface area contributed by atoms with Crippen molar-refractivity contribution in [2.24, 2.45) is 0 Å². The van der Waals surface area contributed by atoms with E-state index in [9.17, 15) is 4.79 Å². The van der Waals surface area contributed by atoms with Crippen LogP contribution in [0.25, 0.3) is 11.0 Å². The zero-order valence-corrected chi connectivity index (χ0v) is 17.7. The quantitative estimate of drug-likeness (QED) is 0.462. The second kappa shape index (κ2) is 9.14. The Morgan fingerprint density at radius 2 is 1.73 bits per heavy atom. The van der Waals surface area contributed by atoms with Crippen molar-refractivity contribution in [3.8, 4) is 0 Å². The van der Waals surface area contributed by atoms with Gasteiger partial charge >= 0.3 is 0 Å². The molecule has 1 aromatic heterocycles. The summed E-state index contributed by atoms with van der Waals surface area (Å²) in [4.78, 5) is 17.2. The maximum Gasteiger partial charge on any atom is 0.224 e. The number of para-hydroxylation sites is 2. The first-order chi connectivity index (χ1) is 14.6. The Labute approximate surface area is 181 Å². The van der Waals surface area contributed by atoms with Crippen LogP contribution in [0.4, 0.5) is 0 Å². The van der Waals surface area contributed by atoms with E-state index < -0.39 is 0 Å². The van der Waals surface area contributed by atoms with Gasteiger partial charge in [0.1, 0.15) is 5.82 Å². The molecule has 3 aromatic carbocycles. The molecule has 1 heterocycles. The first kappa shape index (κ1) is 20.2. The number of halogens is 1. The second-order valence-electron chi connectivity index (χ2n) is 7.43. The molecule has 0 saturated heterocycles. The molecule has 0 radical (unpaired) electrons. The molecule has 4 aromatic rings. The molecule has 30 heavy (non-hydrogen) atoms. The lowest BCUT2D eigenvalue weighted by molar-refractivity contribution is -0.120.